The number of hydrogen-bond acceptors (Lipinski definition) is 3. The molecule has 2 rings (SSSR count). The van der Waals surface area contributed by atoms with Crippen molar-refractivity contribution in [2.24, 2.45) is 5.92 Å². The van der Waals surface area contributed by atoms with Crippen molar-refractivity contribution in [3.8, 4) is 6.07 Å². The van der Waals surface area contributed by atoms with Crippen molar-refractivity contribution in [3.05, 3.63) is 35.4 Å². The second-order valence-electron chi connectivity index (χ2n) is 5.37. The molecule has 0 N–H and O–H groups in total. The molecule has 1 aliphatic rings. The van der Waals surface area contributed by atoms with E-state index in [0.29, 0.717) is 11.5 Å². The molecule has 3 nitrogen and oxygen atoms in total. The summed E-state index contributed by atoms with van der Waals surface area (Å²) in [5.41, 5.74) is 0.842. The minimum absolute atomic E-state index is 0.200. The third kappa shape index (κ3) is 2.35. The molecule has 1 aromatic carbocycles. The highest BCUT2D eigenvalue weighted by Gasteiger charge is 2.44. The SMILES string of the molecule is COC(=O)[C@@](C)(c1cccc(C#N)c1)C1CCCC1. The van der Waals surface area contributed by atoms with E-state index in [1.54, 1.807) is 6.07 Å². The molecule has 1 aliphatic carbocycles. The van der Waals surface area contributed by atoms with Crippen molar-refractivity contribution in [1.29, 1.82) is 5.26 Å². The van der Waals surface area contributed by atoms with E-state index in [0.717, 1.165) is 31.2 Å². The second kappa shape index (κ2) is 5.44. The second-order valence-corrected chi connectivity index (χ2v) is 5.37. The minimum atomic E-state index is -0.641. The first-order valence-electron chi connectivity index (χ1n) is 6.72. The van der Waals surface area contributed by atoms with E-state index >= 15 is 0 Å². The van der Waals surface area contributed by atoms with Crippen molar-refractivity contribution in [1.82, 2.24) is 0 Å². The summed E-state index contributed by atoms with van der Waals surface area (Å²) in [7, 11) is 1.43. The molecule has 0 spiro atoms. The number of nitriles is 1. The van der Waals surface area contributed by atoms with Gasteiger partial charge >= 0.3 is 5.97 Å². The fourth-order valence-electron chi connectivity index (χ4n) is 3.15. The lowest BCUT2D eigenvalue weighted by Crippen LogP contribution is -2.40. The molecule has 1 fully saturated rings. The highest BCUT2D eigenvalue weighted by atomic mass is 16.5. The number of esters is 1. The van der Waals surface area contributed by atoms with Crippen molar-refractivity contribution >= 4 is 5.97 Å². The Kier molecular flexibility index (Phi) is 3.90. The molecule has 0 bridgehead atoms. The van der Waals surface area contributed by atoms with Crippen molar-refractivity contribution < 1.29 is 9.53 Å². The summed E-state index contributed by atoms with van der Waals surface area (Å²) in [6.07, 6.45) is 4.41. The Morgan fingerprint density at radius 3 is 2.68 bits per heavy atom. The maximum atomic E-state index is 12.3. The van der Waals surface area contributed by atoms with E-state index in [1.807, 2.05) is 25.1 Å². The quantitative estimate of drug-likeness (QED) is 0.781. The summed E-state index contributed by atoms with van der Waals surface area (Å²) < 4.78 is 5.03. The van der Waals surface area contributed by atoms with Gasteiger partial charge in [-0.1, -0.05) is 25.0 Å². The Hall–Kier alpha value is -1.82. The largest absolute Gasteiger partial charge is 0.468 e. The van der Waals surface area contributed by atoms with Crippen LogP contribution in [-0.4, -0.2) is 13.1 Å². The lowest BCUT2D eigenvalue weighted by atomic mass is 9.70. The number of hydrogen-bond donors (Lipinski definition) is 0. The first kappa shape index (κ1) is 13.6. The van der Waals surface area contributed by atoms with Crippen LogP contribution < -0.4 is 0 Å². The fraction of sp³-hybridized carbons (Fsp3) is 0.500. The lowest BCUT2D eigenvalue weighted by Gasteiger charge is -2.33. The highest BCUT2D eigenvalue weighted by Crippen LogP contribution is 2.43. The molecule has 1 aromatic rings. The van der Waals surface area contributed by atoms with E-state index < -0.39 is 5.41 Å². The average molecular weight is 257 g/mol. The van der Waals surface area contributed by atoms with Crippen LogP contribution in [0.15, 0.2) is 24.3 Å². The molecule has 19 heavy (non-hydrogen) atoms. The Bertz CT molecular complexity index is 512. The number of methoxy groups -OCH3 is 1. The third-order valence-corrected chi connectivity index (χ3v) is 4.37. The van der Waals surface area contributed by atoms with Crippen LogP contribution in [-0.2, 0) is 14.9 Å². The standard InChI is InChI=1S/C16H19NO2/c1-16(15(18)19-2,13-7-3-4-8-13)14-9-5-6-12(10-14)11-17/h5-6,9-10,13H,3-4,7-8H2,1-2H3/t16-/m1/s1. The highest BCUT2D eigenvalue weighted by molar-refractivity contribution is 5.83. The van der Waals surface area contributed by atoms with E-state index in [9.17, 15) is 4.79 Å². The maximum Gasteiger partial charge on any atom is 0.316 e. The van der Waals surface area contributed by atoms with E-state index in [2.05, 4.69) is 6.07 Å². The average Bonchev–Trinajstić information content (AvgIpc) is 3.00. The Balaban J connectivity index is 2.47. The number of carbonyl (C=O) groups excluding carboxylic acids is 1. The number of carbonyl (C=O) groups is 1. The van der Waals surface area contributed by atoms with Crippen LogP contribution in [0.2, 0.25) is 0 Å². The molecule has 0 heterocycles. The van der Waals surface area contributed by atoms with Crippen molar-refractivity contribution in [2.75, 3.05) is 7.11 Å². The first-order valence-corrected chi connectivity index (χ1v) is 6.72. The van der Waals surface area contributed by atoms with Crippen LogP contribution in [0.5, 0.6) is 0 Å². The van der Waals surface area contributed by atoms with Crippen LogP contribution in [0.1, 0.15) is 43.7 Å². The third-order valence-electron chi connectivity index (χ3n) is 4.37. The summed E-state index contributed by atoms with van der Waals surface area (Å²) >= 11 is 0. The van der Waals surface area contributed by atoms with Gasteiger partial charge in [0.05, 0.1) is 24.2 Å². The zero-order chi connectivity index (χ0) is 13.9. The molecular formula is C16H19NO2. The van der Waals surface area contributed by atoms with Crippen LogP contribution in [0.4, 0.5) is 0 Å². The van der Waals surface area contributed by atoms with Gasteiger partial charge in [0.15, 0.2) is 0 Å². The topological polar surface area (TPSA) is 50.1 Å². The molecule has 100 valence electrons. The predicted octanol–water partition coefficient (Wildman–Crippen LogP) is 3.18. The number of ether oxygens (including phenoxy) is 1. The molecule has 0 aliphatic heterocycles. The number of rotatable bonds is 3. The van der Waals surface area contributed by atoms with Gasteiger partial charge in [-0.15, -0.1) is 0 Å². The zero-order valence-corrected chi connectivity index (χ0v) is 11.5. The molecule has 1 saturated carbocycles. The summed E-state index contributed by atoms with van der Waals surface area (Å²) in [6, 6.07) is 9.47. The molecule has 0 amide bonds. The summed E-state index contributed by atoms with van der Waals surface area (Å²) in [4.78, 5) is 12.3. The van der Waals surface area contributed by atoms with Crippen LogP contribution in [0.3, 0.4) is 0 Å². The number of benzene rings is 1. The van der Waals surface area contributed by atoms with E-state index in [1.165, 1.54) is 7.11 Å². The Labute approximate surface area is 114 Å². The van der Waals surface area contributed by atoms with Gasteiger partial charge in [0, 0.05) is 0 Å². The molecule has 0 aromatic heterocycles. The van der Waals surface area contributed by atoms with Gasteiger partial charge in [-0.3, -0.25) is 4.79 Å². The molecule has 3 heteroatoms. The number of nitrogens with zero attached hydrogens (tertiary/aromatic N) is 1. The lowest BCUT2D eigenvalue weighted by molar-refractivity contribution is -0.149. The van der Waals surface area contributed by atoms with E-state index in [4.69, 9.17) is 10.00 Å². The fourth-order valence-corrected chi connectivity index (χ4v) is 3.15. The molecule has 0 radical (unpaired) electrons. The monoisotopic (exact) mass is 257 g/mol. The predicted molar refractivity (Wildman–Crippen MR) is 72.5 cm³/mol. The Morgan fingerprint density at radius 2 is 2.11 bits per heavy atom. The zero-order valence-electron chi connectivity index (χ0n) is 11.5. The molecule has 0 unspecified atom stereocenters. The Morgan fingerprint density at radius 1 is 1.42 bits per heavy atom. The van der Waals surface area contributed by atoms with Gasteiger partial charge in [0.1, 0.15) is 0 Å². The summed E-state index contributed by atoms with van der Waals surface area (Å²) in [5.74, 6) is 0.100. The van der Waals surface area contributed by atoms with Gasteiger partial charge in [-0.05, 0) is 43.4 Å². The van der Waals surface area contributed by atoms with Crippen LogP contribution in [0, 0.1) is 17.2 Å². The van der Waals surface area contributed by atoms with Crippen LogP contribution in [0.25, 0.3) is 0 Å². The first-order chi connectivity index (χ1) is 9.12. The molecule has 0 saturated heterocycles. The molecule has 1 atom stereocenters. The van der Waals surface area contributed by atoms with E-state index in [-0.39, 0.29) is 5.97 Å². The van der Waals surface area contributed by atoms with Gasteiger partial charge in [0.2, 0.25) is 0 Å². The van der Waals surface area contributed by atoms with Gasteiger partial charge in [-0.25, -0.2) is 0 Å². The molecular weight excluding hydrogens is 238 g/mol. The van der Waals surface area contributed by atoms with Gasteiger partial charge in [-0.2, -0.15) is 5.26 Å². The normalized spacial score (nSPS) is 18.6. The summed E-state index contributed by atoms with van der Waals surface area (Å²) in [6.45, 7) is 1.95. The maximum absolute atomic E-state index is 12.3. The van der Waals surface area contributed by atoms with Gasteiger partial charge in [0.25, 0.3) is 0 Å². The van der Waals surface area contributed by atoms with Crippen molar-refractivity contribution in [2.45, 2.75) is 38.0 Å². The smallest absolute Gasteiger partial charge is 0.316 e. The van der Waals surface area contributed by atoms with Crippen LogP contribution >= 0.6 is 0 Å². The summed E-state index contributed by atoms with van der Waals surface area (Å²) in [5, 5.41) is 9.02. The minimum Gasteiger partial charge on any atom is -0.468 e. The van der Waals surface area contributed by atoms with Crippen molar-refractivity contribution in [3.63, 3.8) is 0 Å². The van der Waals surface area contributed by atoms with Gasteiger partial charge < -0.3 is 4.74 Å².